The third-order valence-electron chi connectivity index (χ3n) is 2.22. The van der Waals surface area contributed by atoms with Crippen LogP contribution in [0.1, 0.15) is 20.8 Å². The Morgan fingerprint density at radius 1 is 1.25 bits per heavy atom. The van der Waals surface area contributed by atoms with Crippen LogP contribution in [0.2, 0.25) is 0 Å². The second-order valence-corrected chi connectivity index (χ2v) is 4.91. The van der Waals surface area contributed by atoms with Gasteiger partial charge in [-0.2, -0.15) is 0 Å². The zero-order valence-electron chi connectivity index (χ0n) is 8.52. The highest BCUT2D eigenvalue weighted by Crippen LogP contribution is 2.14. The van der Waals surface area contributed by atoms with E-state index in [9.17, 15) is 5.11 Å². The van der Waals surface area contributed by atoms with Crippen LogP contribution >= 0.6 is 0 Å². The quantitative estimate of drug-likeness (QED) is 0.542. The molecule has 1 atom stereocenters. The van der Waals surface area contributed by atoms with Crippen LogP contribution in [0.5, 0.6) is 0 Å². The van der Waals surface area contributed by atoms with Gasteiger partial charge in [-0.15, -0.1) is 0 Å². The van der Waals surface area contributed by atoms with Crippen LogP contribution in [0.15, 0.2) is 0 Å². The fourth-order valence-corrected chi connectivity index (χ4v) is 1.85. The van der Waals surface area contributed by atoms with Gasteiger partial charge in [0.05, 0.1) is 5.60 Å². The summed E-state index contributed by atoms with van der Waals surface area (Å²) in [6, 6.07) is 0. The van der Waals surface area contributed by atoms with E-state index in [-0.39, 0.29) is 5.54 Å². The van der Waals surface area contributed by atoms with E-state index in [1.54, 1.807) is 0 Å². The normalized spacial score (nSPS) is 37.8. The minimum atomic E-state index is -0.595. The van der Waals surface area contributed by atoms with E-state index >= 15 is 0 Å². The van der Waals surface area contributed by atoms with Crippen molar-refractivity contribution in [3.05, 3.63) is 0 Å². The zero-order valence-corrected chi connectivity index (χ0v) is 8.52. The van der Waals surface area contributed by atoms with Gasteiger partial charge in [0.2, 0.25) is 0 Å². The fraction of sp³-hybridized carbons (Fsp3) is 1.00. The number of hydrogen-bond acceptors (Lipinski definition) is 3. The minimum absolute atomic E-state index is 0.106. The molecular formula is C9H20N2O. The lowest BCUT2D eigenvalue weighted by Gasteiger charge is -2.27. The molecule has 1 aliphatic rings. The molecule has 0 radical (unpaired) electrons. The van der Waals surface area contributed by atoms with Crippen LogP contribution in [0.4, 0.5) is 0 Å². The topological polar surface area (TPSA) is 35.5 Å². The van der Waals surface area contributed by atoms with Crippen LogP contribution in [0, 0.1) is 0 Å². The largest absolute Gasteiger partial charge is 0.388 e. The second-order valence-electron chi connectivity index (χ2n) is 4.91. The zero-order chi connectivity index (χ0) is 9.41. The minimum Gasteiger partial charge on any atom is -0.388 e. The molecule has 1 unspecified atom stereocenters. The van der Waals surface area contributed by atoms with Gasteiger partial charge >= 0.3 is 0 Å². The predicted molar refractivity (Wildman–Crippen MR) is 50.2 cm³/mol. The summed E-state index contributed by atoms with van der Waals surface area (Å²) in [4.78, 5) is 2.17. The molecule has 1 fully saturated rings. The van der Waals surface area contributed by atoms with Gasteiger partial charge in [0.25, 0.3) is 0 Å². The lowest BCUT2D eigenvalue weighted by atomic mass is 10.1. The van der Waals surface area contributed by atoms with Gasteiger partial charge in [-0.25, -0.2) is 0 Å². The number of hydrogen-bond donors (Lipinski definition) is 2. The van der Waals surface area contributed by atoms with Gasteiger partial charge in [-0.3, -0.25) is 0 Å². The monoisotopic (exact) mass is 172 g/mol. The summed E-state index contributed by atoms with van der Waals surface area (Å²) < 4.78 is 0. The highest BCUT2D eigenvalue weighted by atomic mass is 16.3. The Hall–Kier alpha value is -0.120. The Morgan fingerprint density at radius 3 is 2.42 bits per heavy atom. The van der Waals surface area contributed by atoms with Crippen LogP contribution in [0.3, 0.4) is 0 Å². The number of nitrogens with one attached hydrogen (secondary N) is 1. The number of likely N-dealkylation sites (N-methyl/N-ethyl adjacent to an activating group) is 1. The lowest BCUT2D eigenvalue weighted by molar-refractivity contribution is 0.0409. The first-order valence-corrected chi connectivity index (χ1v) is 4.47. The average Bonchev–Trinajstić information content (AvgIpc) is 1.87. The van der Waals surface area contributed by atoms with Crippen molar-refractivity contribution in [2.45, 2.75) is 31.9 Å². The van der Waals surface area contributed by atoms with Gasteiger partial charge in [0.15, 0.2) is 0 Å². The van der Waals surface area contributed by atoms with Crippen molar-refractivity contribution in [1.82, 2.24) is 10.2 Å². The molecule has 0 amide bonds. The van der Waals surface area contributed by atoms with E-state index in [1.807, 2.05) is 14.0 Å². The maximum absolute atomic E-state index is 9.85. The molecule has 0 aromatic rings. The Morgan fingerprint density at radius 2 is 1.83 bits per heavy atom. The van der Waals surface area contributed by atoms with E-state index in [4.69, 9.17) is 0 Å². The Bertz CT molecular complexity index is 148. The molecule has 0 aromatic heterocycles. The molecule has 1 aliphatic heterocycles. The molecule has 0 spiro atoms. The number of aliphatic hydroxyl groups is 1. The van der Waals surface area contributed by atoms with E-state index in [0.717, 1.165) is 13.1 Å². The maximum Gasteiger partial charge on any atom is 0.0869 e. The van der Waals surface area contributed by atoms with Crippen molar-refractivity contribution < 1.29 is 5.11 Å². The molecule has 12 heavy (non-hydrogen) atoms. The van der Waals surface area contributed by atoms with E-state index in [2.05, 4.69) is 24.1 Å². The van der Waals surface area contributed by atoms with Gasteiger partial charge in [0, 0.05) is 25.2 Å². The molecule has 3 nitrogen and oxygen atoms in total. The number of β-amino-alcohol motifs (C(OH)–C–C–N with tert-alkyl or cyclic N) is 1. The Kier molecular flexibility index (Phi) is 2.47. The smallest absolute Gasteiger partial charge is 0.0869 e. The third-order valence-corrected chi connectivity index (χ3v) is 2.22. The Labute approximate surface area is 74.8 Å². The van der Waals surface area contributed by atoms with Crippen LogP contribution in [-0.2, 0) is 0 Å². The number of rotatable bonds is 0. The van der Waals surface area contributed by atoms with Crippen molar-refractivity contribution in [2.75, 3.05) is 26.7 Å². The predicted octanol–water partition coefficient (Wildman–Crippen LogP) is 0.0510. The first kappa shape index (κ1) is 9.96. The first-order chi connectivity index (χ1) is 5.31. The summed E-state index contributed by atoms with van der Waals surface area (Å²) in [5.41, 5.74) is -0.488. The highest BCUT2D eigenvalue weighted by molar-refractivity contribution is 4.91. The van der Waals surface area contributed by atoms with Gasteiger partial charge in [-0.1, -0.05) is 0 Å². The fourth-order valence-electron chi connectivity index (χ4n) is 1.85. The second kappa shape index (κ2) is 2.98. The first-order valence-electron chi connectivity index (χ1n) is 4.47. The summed E-state index contributed by atoms with van der Waals surface area (Å²) in [6.07, 6.45) is 0. The molecule has 1 saturated heterocycles. The summed E-state index contributed by atoms with van der Waals surface area (Å²) >= 11 is 0. The van der Waals surface area contributed by atoms with E-state index in [1.165, 1.54) is 0 Å². The molecule has 2 N–H and O–H groups in total. The number of nitrogens with zero attached hydrogens (tertiary/aromatic N) is 1. The maximum atomic E-state index is 9.85. The molecule has 3 heteroatoms. The van der Waals surface area contributed by atoms with Crippen molar-refractivity contribution in [3.63, 3.8) is 0 Å². The molecule has 0 bridgehead atoms. The summed E-state index contributed by atoms with van der Waals surface area (Å²) in [6.45, 7) is 8.57. The average molecular weight is 172 g/mol. The van der Waals surface area contributed by atoms with Crippen LogP contribution < -0.4 is 5.32 Å². The van der Waals surface area contributed by atoms with Crippen molar-refractivity contribution in [2.24, 2.45) is 0 Å². The van der Waals surface area contributed by atoms with Gasteiger partial charge < -0.3 is 15.3 Å². The standard InChI is InChI=1S/C9H20N2O/c1-8(2)6-11(4)7-9(3,12)5-10-8/h10,12H,5-7H2,1-4H3. The third kappa shape index (κ3) is 2.73. The van der Waals surface area contributed by atoms with Crippen molar-refractivity contribution in [1.29, 1.82) is 0 Å². The van der Waals surface area contributed by atoms with Crippen molar-refractivity contribution >= 4 is 0 Å². The summed E-state index contributed by atoms with van der Waals surface area (Å²) in [5.74, 6) is 0. The summed E-state index contributed by atoms with van der Waals surface area (Å²) in [5, 5.41) is 13.2. The lowest BCUT2D eigenvalue weighted by Crippen LogP contribution is -2.47. The SMILES string of the molecule is CN1CC(C)(O)CNC(C)(C)C1. The van der Waals surface area contributed by atoms with Crippen LogP contribution in [-0.4, -0.2) is 47.8 Å². The Balaban J connectivity index is 2.66. The van der Waals surface area contributed by atoms with Crippen LogP contribution in [0.25, 0.3) is 0 Å². The van der Waals surface area contributed by atoms with E-state index < -0.39 is 5.60 Å². The van der Waals surface area contributed by atoms with Crippen molar-refractivity contribution in [3.8, 4) is 0 Å². The molecule has 0 aromatic carbocycles. The highest BCUT2D eigenvalue weighted by Gasteiger charge is 2.31. The van der Waals surface area contributed by atoms with Gasteiger partial charge in [-0.05, 0) is 27.8 Å². The molecule has 1 heterocycles. The molecule has 72 valence electrons. The molecule has 1 rings (SSSR count). The molecule has 0 saturated carbocycles. The van der Waals surface area contributed by atoms with Gasteiger partial charge in [0.1, 0.15) is 0 Å². The summed E-state index contributed by atoms with van der Waals surface area (Å²) in [7, 11) is 2.04. The molecular weight excluding hydrogens is 152 g/mol. The molecule has 0 aliphatic carbocycles. The van der Waals surface area contributed by atoms with E-state index in [0.29, 0.717) is 6.54 Å².